The monoisotopic (exact) mass is 282 g/mol. The number of piperazine rings is 1. The average molecular weight is 282 g/mol. The molecule has 114 valence electrons. The van der Waals surface area contributed by atoms with Crippen LogP contribution >= 0.6 is 0 Å². The van der Waals surface area contributed by atoms with Crippen LogP contribution in [0, 0.1) is 0 Å². The Hall–Kier alpha value is -1.72. The Bertz CT molecular complexity index is 347. The minimum absolute atomic E-state index is 0.219. The second-order valence-corrected chi connectivity index (χ2v) is 4.50. The van der Waals surface area contributed by atoms with Gasteiger partial charge in [0, 0.05) is 39.8 Å². The van der Waals surface area contributed by atoms with E-state index in [1.807, 2.05) is 19.9 Å². The van der Waals surface area contributed by atoms with Crippen LogP contribution in [0.15, 0.2) is 17.1 Å². The number of carbonyl (C=O) groups is 1. The van der Waals surface area contributed by atoms with Gasteiger partial charge in [0.1, 0.15) is 0 Å². The van der Waals surface area contributed by atoms with Crippen molar-refractivity contribution in [1.82, 2.24) is 15.1 Å². The maximum absolute atomic E-state index is 11.6. The van der Waals surface area contributed by atoms with Crippen molar-refractivity contribution in [2.24, 2.45) is 4.99 Å². The summed E-state index contributed by atoms with van der Waals surface area (Å²) in [4.78, 5) is 19.8. The molecule has 1 aliphatic rings. The summed E-state index contributed by atoms with van der Waals surface area (Å²) in [6, 6.07) is 0. The zero-order valence-corrected chi connectivity index (χ0v) is 12.8. The van der Waals surface area contributed by atoms with Crippen molar-refractivity contribution >= 4 is 12.1 Å². The number of aliphatic imine (C=N–C) groups is 1. The quantitative estimate of drug-likeness (QED) is 0.365. The largest absolute Gasteiger partial charge is 0.450 e. The van der Waals surface area contributed by atoms with Crippen LogP contribution < -0.4 is 5.32 Å². The highest BCUT2D eigenvalue weighted by molar-refractivity contribution is 5.80. The zero-order valence-electron chi connectivity index (χ0n) is 12.8. The molecule has 6 heteroatoms. The Kier molecular flexibility index (Phi) is 7.54. The molecular formula is C14H26N4O2. The van der Waals surface area contributed by atoms with Gasteiger partial charge in [-0.1, -0.05) is 12.2 Å². The van der Waals surface area contributed by atoms with Crippen LogP contribution in [0.2, 0.25) is 0 Å². The summed E-state index contributed by atoms with van der Waals surface area (Å²) in [6.45, 7) is 8.05. The molecule has 1 N–H and O–H groups in total. The van der Waals surface area contributed by atoms with Gasteiger partial charge in [-0.05, 0) is 20.3 Å². The first-order valence-corrected chi connectivity index (χ1v) is 7.21. The Morgan fingerprint density at radius 2 is 1.95 bits per heavy atom. The summed E-state index contributed by atoms with van der Waals surface area (Å²) in [5.41, 5.74) is 0. The molecule has 1 fully saturated rings. The maximum Gasteiger partial charge on any atom is 0.409 e. The first-order valence-electron chi connectivity index (χ1n) is 7.21. The Morgan fingerprint density at radius 1 is 1.30 bits per heavy atom. The predicted octanol–water partition coefficient (Wildman–Crippen LogP) is 1.30. The van der Waals surface area contributed by atoms with Gasteiger partial charge in [-0.25, -0.2) is 4.79 Å². The van der Waals surface area contributed by atoms with Crippen molar-refractivity contribution in [2.45, 2.75) is 20.3 Å². The lowest BCUT2D eigenvalue weighted by atomic mass is 10.3. The second-order valence-electron chi connectivity index (χ2n) is 4.50. The van der Waals surface area contributed by atoms with E-state index in [0.29, 0.717) is 19.7 Å². The summed E-state index contributed by atoms with van der Waals surface area (Å²) in [5.74, 6) is 0.901. The lowest BCUT2D eigenvalue weighted by Crippen LogP contribution is -2.53. The van der Waals surface area contributed by atoms with Gasteiger partial charge < -0.3 is 19.9 Å². The molecule has 1 aliphatic heterocycles. The minimum atomic E-state index is -0.219. The molecule has 20 heavy (non-hydrogen) atoms. The van der Waals surface area contributed by atoms with Gasteiger partial charge >= 0.3 is 6.09 Å². The standard InChI is InChI=1S/C14H26N4O2/c1-4-6-7-8-16-13(15-3)17-9-11-18(12-10-17)14(19)20-5-2/h4,6H,5,7-12H2,1-3H3,(H,15,16). The zero-order chi connectivity index (χ0) is 14.8. The summed E-state index contributed by atoms with van der Waals surface area (Å²) in [6.07, 6.45) is 4.93. The number of rotatable bonds is 4. The lowest BCUT2D eigenvalue weighted by molar-refractivity contribution is 0.0915. The molecule has 0 radical (unpaired) electrons. The normalized spacial score (nSPS) is 16.6. The molecule has 1 amide bonds. The first kappa shape index (κ1) is 16.3. The van der Waals surface area contributed by atoms with Gasteiger partial charge in [-0.15, -0.1) is 0 Å². The van der Waals surface area contributed by atoms with E-state index in [0.717, 1.165) is 32.0 Å². The summed E-state index contributed by atoms with van der Waals surface area (Å²) in [5, 5.41) is 3.33. The smallest absolute Gasteiger partial charge is 0.409 e. The van der Waals surface area contributed by atoms with Gasteiger partial charge in [-0.2, -0.15) is 0 Å². The molecule has 0 bridgehead atoms. The molecule has 0 saturated carbocycles. The predicted molar refractivity (Wildman–Crippen MR) is 81.0 cm³/mol. The number of nitrogens with zero attached hydrogens (tertiary/aromatic N) is 3. The number of nitrogens with one attached hydrogen (secondary N) is 1. The molecule has 1 saturated heterocycles. The molecule has 0 aliphatic carbocycles. The van der Waals surface area contributed by atoms with E-state index in [-0.39, 0.29) is 6.09 Å². The fraction of sp³-hybridized carbons (Fsp3) is 0.714. The molecule has 0 aromatic heterocycles. The first-order chi connectivity index (χ1) is 9.72. The van der Waals surface area contributed by atoms with Crippen LogP contribution in [0.5, 0.6) is 0 Å². The van der Waals surface area contributed by atoms with E-state index in [1.54, 1.807) is 11.9 Å². The van der Waals surface area contributed by atoms with E-state index in [4.69, 9.17) is 4.74 Å². The minimum Gasteiger partial charge on any atom is -0.450 e. The van der Waals surface area contributed by atoms with Gasteiger partial charge in [0.05, 0.1) is 6.61 Å². The van der Waals surface area contributed by atoms with Crippen molar-refractivity contribution < 1.29 is 9.53 Å². The molecule has 0 spiro atoms. The molecule has 0 aromatic carbocycles. The summed E-state index contributed by atoms with van der Waals surface area (Å²) in [7, 11) is 1.79. The third-order valence-corrected chi connectivity index (χ3v) is 3.15. The van der Waals surface area contributed by atoms with E-state index < -0.39 is 0 Å². The number of hydrogen-bond acceptors (Lipinski definition) is 3. The van der Waals surface area contributed by atoms with Crippen molar-refractivity contribution in [1.29, 1.82) is 0 Å². The second kappa shape index (κ2) is 9.23. The van der Waals surface area contributed by atoms with Crippen LogP contribution in [0.1, 0.15) is 20.3 Å². The molecule has 6 nitrogen and oxygen atoms in total. The third-order valence-electron chi connectivity index (χ3n) is 3.15. The van der Waals surface area contributed by atoms with Gasteiger partial charge in [0.15, 0.2) is 5.96 Å². The SMILES string of the molecule is CC=CCCNC(=NC)N1CCN(C(=O)OCC)CC1. The van der Waals surface area contributed by atoms with E-state index >= 15 is 0 Å². The van der Waals surface area contributed by atoms with Gasteiger partial charge in [0.2, 0.25) is 0 Å². The van der Waals surface area contributed by atoms with Crippen molar-refractivity contribution in [2.75, 3.05) is 46.4 Å². The number of amides is 1. The summed E-state index contributed by atoms with van der Waals surface area (Å²) < 4.78 is 5.01. The summed E-state index contributed by atoms with van der Waals surface area (Å²) >= 11 is 0. The van der Waals surface area contributed by atoms with Crippen LogP contribution in [-0.2, 0) is 4.74 Å². The van der Waals surface area contributed by atoms with Crippen LogP contribution in [0.4, 0.5) is 4.79 Å². The molecule has 0 unspecified atom stereocenters. The fourth-order valence-corrected chi connectivity index (χ4v) is 2.08. The number of carbonyl (C=O) groups excluding carboxylic acids is 1. The molecule has 1 rings (SSSR count). The lowest BCUT2D eigenvalue weighted by Gasteiger charge is -2.35. The van der Waals surface area contributed by atoms with Gasteiger partial charge in [-0.3, -0.25) is 4.99 Å². The van der Waals surface area contributed by atoms with Crippen LogP contribution in [0.3, 0.4) is 0 Å². The highest BCUT2D eigenvalue weighted by Gasteiger charge is 2.23. The highest BCUT2D eigenvalue weighted by Crippen LogP contribution is 2.04. The van der Waals surface area contributed by atoms with Crippen LogP contribution in [-0.4, -0.2) is 68.2 Å². The highest BCUT2D eigenvalue weighted by atomic mass is 16.6. The Balaban J connectivity index is 2.36. The number of ether oxygens (including phenoxy) is 1. The van der Waals surface area contributed by atoms with E-state index in [9.17, 15) is 4.79 Å². The fourth-order valence-electron chi connectivity index (χ4n) is 2.08. The van der Waals surface area contributed by atoms with Crippen molar-refractivity contribution in [3.05, 3.63) is 12.2 Å². The molecule has 0 aromatic rings. The van der Waals surface area contributed by atoms with Crippen molar-refractivity contribution in [3.63, 3.8) is 0 Å². The van der Waals surface area contributed by atoms with Crippen LogP contribution in [0.25, 0.3) is 0 Å². The molecule has 1 heterocycles. The Morgan fingerprint density at radius 3 is 2.50 bits per heavy atom. The number of allylic oxidation sites excluding steroid dienone is 1. The number of hydrogen-bond donors (Lipinski definition) is 1. The molecule has 0 atom stereocenters. The number of guanidine groups is 1. The van der Waals surface area contributed by atoms with Gasteiger partial charge in [0.25, 0.3) is 0 Å². The average Bonchev–Trinajstić information content (AvgIpc) is 2.48. The van der Waals surface area contributed by atoms with E-state index in [1.165, 1.54) is 0 Å². The Labute approximate surface area is 121 Å². The third kappa shape index (κ3) is 5.11. The molecular weight excluding hydrogens is 256 g/mol. The topological polar surface area (TPSA) is 57.2 Å². The van der Waals surface area contributed by atoms with Crippen molar-refractivity contribution in [3.8, 4) is 0 Å². The maximum atomic E-state index is 11.6. The van der Waals surface area contributed by atoms with E-state index in [2.05, 4.69) is 21.3 Å².